The molecule has 0 radical (unpaired) electrons. The Kier molecular flexibility index (Phi) is 7.64. The standard InChI is InChI=1S/C30H36N2O3/c1-21(2)18-22-9-11-23(12-10-22)20-31-27-6-4-7-28-26(27)19-30(3,32-28)24-13-15-25(16-14-24)35-17-5-8-29(33)34/h4,6-7,9-16,21,31-32H,5,8,17-20H2,1-3H3,(H,33,34). The molecule has 0 fully saturated rings. The van der Waals surface area contributed by atoms with Gasteiger partial charge < -0.3 is 20.5 Å². The van der Waals surface area contributed by atoms with Gasteiger partial charge in [0, 0.05) is 36.3 Å². The topological polar surface area (TPSA) is 70.6 Å². The molecule has 0 amide bonds. The zero-order valence-electron chi connectivity index (χ0n) is 20.9. The van der Waals surface area contributed by atoms with Crippen LogP contribution in [-0.2, 0) is 29.7 Å². The van der Waals surface area contributed by atoms with Crippen molar-refractivity contribution in [3.63, 3.8) is 0 Å². The molecule has 3 N–H and O–H groups in total. The number of hydrogen-bond acceptors (Lipinski definition) is 4. The summed E-state index contributed by atoms with van der Waals surface area (Å²) >= 11 is 0. The summed E-state index contributed by atoms with van der Waals surface area (Å²) in [5.74, 6) is 0.636. The van der Waals surface area contributed by atoms with Gasteiger partial charge in [-0.3, -0.25) is 4.79 Å². The average Bonchev–Trinajstić information content (AvgIpc) is 3.19. The lowest BCUT2D eigenvalue weighted by molar-refractivity contribution is -0.137. The number of aliphatic carboxylic acids is 1. The quantitative estimate of drug-likeness (QED) is 0.273. The number of carboxylic acids is 1. The molecule has 184 valence electrons. The van der Waals surface area contributed by atoms with Gasteiger partial charge in [0.15, 0.2) is 0 Å². The molecular weight excluding hydrogens is 436 g/mol. The van der Waals surface area contributed by atoms with Crippen molar-refractivity contribution in [2.45, 2.75) is 58.5 Å². The molecule has 35 heavy (non-hydrogen) atoms. The van der Waals surface area contributed by atoms with Gasteiger partial charge in [-0.1, -0.05) is 56.3 Å². The van der Waals surface area contributed by atoms with Crippen molar-refractivity contribution < 1.29 is 14.6 Å². The Balaban J connectivity index is 1.38. The van der Waals surface area contributed by atoms with E-state index >= 15 is 0 Å². The van der Waals surface area contributed by atoms with Gasteiger partial charge in [0.05, 0.1) is 12.1 Å². The minimum absolute atomic E-state index is 0.123. The van der Waals surface area contributed by atoms with Crippen molar-refractivity contribution in [2.24, 2.45) is 5.92 Å². The van der Waals surface area contributed by atoms with Crippen molar-refractivity contribution in [1.82, 2.24) is 0 Å². The second-order valence-electron chi connectivity index (χ2n) is 10.1. The third kappa shape index (κ3) is 6.36. The van der Waals surface area contributed by atoms with Gasteiger partial charge in [0.2, 0.25) is 0 Å². The number of carboxylic acid groups (broad SMARTS) is 1. The minimum Gasteiger partial charge on any atom is -0.494 e. The highest BCUT2D eigenvalue weighted by atomic mass is 16.5. The third-order valence-electron chi connectivity index (χ3n) is 6.56. The SMILES string of the molecule is CC(C)Cc1ccc(CNc2cccc3c2CC(C)(c2ccc(OCCCC(=O)O)cc2)N3)cc1. The lowest BCUT2D eigenvalue weighted by Gasteiger charge is -2.26. The Morgan fingerprint density at radius 1 is 1.06 bits per heavy atom. The van der Waals surface area contributed by atoms with Gasteiger partial charge in [0.1, 0.15) is 5.75 Å². The van der Waals surface area contributed by atoms with Crippen LogP contribution in [0.2, 0.25) is 0 Å². The molecule has 0 bridgehead atoms. The van der Waals surface area contributed by atoms with Crippen LogP contribution in [0.3, 0.4) is 0 Å². The van der Waals surface area contributed by atoms with Crippen LogP contribution in [0.5, 0.6) is 5.75 Å². The smallest absolute Gasteiger partial charge is 0.303 e. The molecule has 4 rings (SSSR count). The fraction of sp³-hybridized carbons (Fsp3) is 0.367. The van der Waals surface area contributed by atoms with Gasteiger partial charge in [-0.25, -0.2) is 0 Å². The Morgan fingerprint density at radius 2 is 1.77 bits per heavy atom. The van der Waals surface area contributed by atoms with E-state index in [4.69, 9.17) is 9.84 Å². The minimum atomic E-state index is -0.794. The number of nitrogens with one attached hydrogen (secondary N) is 2. The Hall–Kier alpha value is -3.47. The Labute approximate surface area is 208 Å². The van der Waals surface area contributed by atoms with E-state index in [2.05, 4.69) is 86.0 Å². The summed E-state index contributed by atoms with van der Waals surface area (Å²) in [6.45, 7) is 7.93. The average molecular weight is 473 g/mol. The lowest BCUT2D eigenvalue weighted by atomic mass is 9.88. The first-order valence-electron chi connectivity index (χ1n) is 12.5. The highest BCUT2D eigenvalue weighted by molar-refractivity contribution is 5.71. The fourth-order valence-corrected chi connectivity index (χ4v) is 4.72. The van der Waals surface area contributed by atoms with Crippen LogP contribution >= 0.6 is 0 Å². The highest BCUT2D eigenvalue weighted by Crippen LogP contribution is 2.42. The summed E-state index contributed by atoms with van der Waals surface area (Å²) in [7, 11) is 0. The van der Waals surface area contributed by atoms with Gasteiger partial charge in [-0.05, 0) is 66.6 Å². The molecule has 0 saturated heterocycles. The van der Waals surface area contributed by atoms with E-state index in [1.807, 2.05) is 12.1 Å². The maximum atomic E-state index is 10.6. The Morgan fingerprint density at radius 3 is 2.46 bits per heavy atom. The fourth-order valence-electron chi connectivity index (χ4n) is 4.72. The monoisotopic (exact) mass is 472 g/mol. The van der Waals surface area contributed by atoms with Crippen molar-refractivity contribution in [1.29, 1.82) is 0 Å². The van der Waals surface area contributed by atoms with Gasteiger partial charge in [0.25, 0.3) is 0 Å². The van der Waals surface area contributed by atoms with E-state index in [9.17, 15) is 4.79 Å². The van der Waals surface area contributed by atoms with Crippen molar-refractivity contribution in [3.05, 3.63) is 89.0 Å². The molecule has 1 aliphatic rings. The van der Waals surface area contributed by atoms with Crippen LogP contribution in [0, 0.1) is 5.92 Å². The molecule has 1 heterocycles. The second kappa shape index (κ2) is 10.9. The van der Waals surface area contributed by atoms with Crippen LogP contribution in [0.4, 0.5) is 11.4 Å². The normalized spacial score (nSPS) is 16.6. The molecule has 1 aliphatic heterocycles. The molecule has 0 spiro atoms. The summed E-state index contributed by atoms with van der Waals surface area (Å²) in [6.07, 6.45) is 2.63. The van der Waals surface area contributed by atoms with E-state index in [0.717, 1.165) is 25.1 Å². The molecule has 1 unspecified atom stereocenters. The molecule has 0 aliphatic carbocycles. The molecular formula is C30H36N2O3. The summed E-state index contributed by atoms with van der Waals surface area (Å²) in [4.78, 5) is 10.6. The predicted octanol–water partition coefficient (Wildman–Crippen LogP) is 6.62. The van der Waals surface area contributed by atoms with E-state index in [0.29, 0.717) is 18.9 Å². The van der Waals surface area contributed by atoms with Crippen molar-refractivity contribution in [3.8, 4) is 5.75 Å². The number of rotatable bonds is 11. The molecule has 0 saturated carbocycles. The van der Waals surface area contributed by atoms with Crippen LogP contribution in [-0.4, -0.2) is 17.7 Å². The molecule has 3 aromatic rings. The van der Waals surface area contributed by atoms with E-state index in [1.54, 1.807) is 0 Å². The van der Waals surface area contributed by atoms with E-state index in [-0.39, 0.29) is 12.0 Å². The molecule has 1 atom stereocenters. The van der Waals surface area contributed by atoms with Crippen molar-refractivity contribution in [2.75, 3.05) is 17.2 Å². The van der Waals surface area contributed by atoms with Crippen LogP contribution in [0.1, 0.15) is 55.9 Å². The van der Waals surface area contributed by atoms with Gasteiger partial charge in [-0.2, -0.15) is 0 Å². The van der Waals surface area contributed by atoms with E-state index < -0.39 is 5.97 Å². The highest BCUT2D eigenvalue weighted by Gasteiger charge is 2.35. The van der Waals surface area contributed by atoms with Gasteiger partial charge in [-0.15, -0.1) is 0 Å². The summed E-state index contributed by atoms with van der Waals surface area (Å²) in [5.41, 5.74) is 7.30. The third-order valence-corrected chi connectivity index (χ3v) is 6.56. The second-order valence-corrected chi connectivity index (χ2v) is 10.1. The molecule has 5 nitrogen and oxygen atoms in total. The number of carbonyl (C=O) groups is 1. The van der Waals surface area contributed by atoms with Crippen LogP contribution in [0.25, 0.3) is 0 Å². The number of ether oxygens (including phenoxy) is 1. The zero-order valence-corrected chi connectivity index (χ0v) is 20.9. The van der Waals surface area contributed by atoms with Gasteiger partial charge >= 0.3 is 5.97 Å². The first-order chi connectivity index (χ1) is 16.8. The first-order valence-corrected chi connectivity index (χ1v) is 12.5. The number of hydrogen-bond donors (Lipinski definition) is 3. The van der Waals surface area contributed by atoms with Crippen molar-refractivity contribution >= 4 is 17.3 Å². The summed E-state index contributed by atoms with van der Waals surface area (Å²) in [5, 5.41) is 16.1. The number of anilines is 2. The maximum absolute atomic E-state index is 10.6. The predicted molar refractivity (Wildman–Crippen MR) is 142 cm³/mol. The largest absolute Gasteiger partial charge is 0.494 e. The molecule has 0 aromatic heterocycles. The maximum Gasteiger partial charge on any atom is 0.303 e. The van der Waals surface area contributed by atoms with Crippen LogP contribution < -0.4 is 15.4 Å². The Bertz CT molecular complexity index is 1140. The molecule has 5 heteroatoms. The molecule has 3 aromatic carbocycles. The van der Waals surface area contributed by atoms with E-state index in [1.165, 1.54) is 33.6 Å². The van der Waals surface area contributed by atoms with Crippen LogP contribution in [0.15, 0.2) is 66.7 Å². The first kappa shape index (κ1) is 24.6. The lowest BCUT2D eigenvalue weighted by Crippen LogP contribution is -2.29. The number of benzene rings is 3. The summed E-state index contributed by atoms with van der Waals surface area (Å²) < 4.78 is 5.69. The zero-order chi connectivity index (χ0) is 24.8. The number of fused-ring (bicyclic) bond motifs is 1. The summed E-state index contributed by atoms with van der Waals surface area (Å²) in [6, 6.07) is 23.5.